The van der Waals surface area contributed by atoms with Crippen LogP contribution >= 0.6 is 0 Å². The Balaban J connectivity index is 2.48. The highest BCUT2D eigenvalue weighted by Crippen LogP contribution is 2.28. The van der Waals surface area contributed by atoms with Crippen LogP contribution < -0.4 is 0 Å². The van der Waals surface area contributed by atoms with Crippen LogP contribution in [0.15, 0.2) is 42.6 Å². The van der Waals surface area contributed by atoms with Crippen LogP contribution in [0.5, 0.6) is 0 Å². The first-order chi connectivity index (χ1) is 8.22. The van der Waals surface area contributed by atoms with E-state index in [-0.39, 0.29) is 0 Å². The first kappa shape index (κ1) is 11.8. The Kier molecular flexibility index (Phi) is 3.55. The van der Waals surface area contributed by atoms with Crippen LogP contribution in [-0.4, -0.2) is 10.1 Å². The SMILES string of the molecule is CCC(O)c1ccccc1-c1ccc(C)cn1. The van der Waals surface area contributed by atoms with E-state index in [1.165, 1.54) is 0 Å². The van der Waals surface area contributed by atoms with Crippen LogP contribution in [0.25, 0.3) is 11.3 Å². The second-order valence-electron chi connectivity index (χ2n) is 4.23. The van der Waals surface area contributed by atoms with E-state index in [0.29, 0.717) is 6.42 Å². The van der Waals surface area contributed by atoms with Crippen molar-refractivity contribution in [3.63, 3.8) is 0 Å². The number of benzene rings is 1. The Morgan fingerprint density at radius 2 is 1.94 bits per heavy atom. The molecule has 1 aromatic carbocycles. The second kappa shape index (κ2) is 5.11. The number of aryl methyl sites for hydroxylation is 1. The fraction of sp³-hybridized carbons (Fsp3) is 0.267. The third kappa shape index (κ3) is 2.53. The molecule has 0 aliphatic rings. The first-order valence-corrected chi connectivity index (χ1v) is 5.92. The molecule has 17 heavy (non-hydrogen) atoms. The molecule has 0 radical (unpaired) electrons. The summed E-state index contributed by atoms with van der Waals surface area (Å²) in [6, 6.07) is 11.9. The standard InChI is InChI=1S/C15H17NO/c1-3-15(17)13-7-5-4-6-12(13)14-9-8-11(2)10-16-14/h4-10,15,17H,3H2,1-2H3. The van der Waals surface area contributed by atoms with Gasteiger partial charge in [0.2, 0.25) is 0 Å². The maximum Gasteiger partial charge on any atom is 0.0794 e. The van der Waals surface area contributed by atoms with E-state index in [9.17, 15) is 5.11 Å². The van der Waals surface area contributed by atoms with Gasteiger partial charge in [0.05, 0.1) is 11.8 Å². The Labute approximate surface area is 102 Å². The first-order valence-electron chi connectivity index (χ1n) is 5.92. The van der Waals surface area contributed by atoms with Crippen molar-refractivity contribution in [2.45, 2.75) is 26.4 Å². The van der Waals surface area contributed by atoms with Gasteiger partial charge < -0.3 is 5.11 Å². The summed E-state index contributed by atoms with van der Waals surface area (Å²) in [5.41, 5.74) is 4.02. The van der Waals surface area contributed by atoms with Gasteiger partial charge in [0, 0.05) is 11.8 Å². The molecule has 0 bridgehead atoms. The number of aliphatic hydroxyl groups is 1. The quantitative estimate of drug-likeness (QED) is 0.870. The molecule has 1 atom stereocenters. The highest BCUT2D eigenvalue weighted by molar-refractivity contribution is 5.64. The van der Waals surface area contributed by atoms with Crippen molar-refractivity contribution in [3.8, 4) is 11.3 Å². The van der Waals surface area contributed by atoms with E-state index in [1.807, 2.05) is 56.4 Å². The number of pyridine rings is 1. The van der Waals surface area contributed by atoms with Crippen LogP contribution in [0.3, 0.4) is 0 Å². The Bertz CT molecular complexity index is 491. The highest BCUT2D eigenvalue weighted by Gasteiger charge is 2.11. The van der Waals surface area contributed by atoms with Crippen molar-refractivity contribution in [2.24, 2.45) is 0 Å². The van der Waals surface area contributed by atoms with Crippen molar-refractivity contribution in [1.29, 1.82) is 0 Å². The molecule has 88 valence electrons. The van der Waals surface area contributed by atoms with Gasteiger partial charge in [-0.15, -0.1) is 0 Å². The summed E-state index contributed by atoms with van der Waals surface area (Å²) in [5, 5.41) is 10.00. The number of rotatable bonds is 3. The lowest BCUT2D eigenvalue weighted by atomic mass is 9.98. The number of hydrogen-bond donors (Lipinski definition) is 1. The van der Waals surface area contributed by atoms with Crippen LogP contribution in [0.4, 0.5) is 0 Å². The average molecular weight is 227 g/mol. The maximum atomic E-state index is 10.00. The molecule has 1 heterocycles. The van der Waals surface area contributed by atoms with Gasteiger partial charge in [-0.3, -0.25) is 4.98 Å². The lowest BCUT2D eigenvalue weighted by molar-refractivity contribution is 0.174. The Hall–Kier alpha value is -1.67. The molecule has 1 aromatic heterocycles. The minimum absolute atomic E-state index is 0.422. The molecule has 1 N–H and O–H groups in total. The minimum atomic E-state index is -0.422. The lowest BCUT2D eigenvalue weighted by Gasteiger charge is -2.13. The van der Waals surface area contributed by atoms with Gasteiger partial charge in [-0.05, 0) is 30.5 Å². The zero-order valence-corrected chi connectivity index (χ0v) is 10.2. The van der Waals surface area contributed by atoms with Gasteiger partial charge in [0.1, 0.15) is 0 Å². The largest absolute Gasteiger partial charge is 0.388 e. The van der Waals surface area contributed by atoms with E-state index in [1.54, 1.807) is 0 Å². The second-order valence-corrected chi connectivity index (χ2v) is 4.23. The summed E-state index contributed by atoms with van der Waals surface area (Å²) in [7, 11) is 0. The number of hydrogen-bond acceptors (Lipinski definition) is 2. The van der Waals surface area contributed by atoms with Crippen molar-refractivity contribution < 1.29 is 5.11 Å². The van der Waals surface area contributed by atoms with E-state index in [2.05, 4.69) is 4.98 Å². The third-order valence-electron chi connectivity index (χ3n) is 2.89. The van der Waals surface area contributed by atoms with Crippen LogP contribution in [-0.2, 0) is 0 Å². The van der Waals surface area contributed by atoms with Gasteiger partial charge in [-0.1, -0.05) is 37.3 Å². The summed E-state index contributed by atoms with van der Waals surface area (Å²) < 4.78 is 0. The predicted molar refractivity (Wildman–Crippen MR) is 69.7 cm³/mol. The number of aliphatic hydroxyl groups excluding tert-OH is 1. The molecule has 0 amide bonds. The molecular weight excluding hydrogens is 210 g/mol. The molecule has 0 fully saturated rings. The van der Waals surface area contributed by atoms with Crippen LogP contribution in [0.1, 0.15) is 30.6 Å². The highest BCUT2D eigenvalue weighted by atomic mass is 16.3. The fourth-order valence-electron chi connectivity index (χ4n) is 1.87. The topological polar surface area (TPSA) is 33.1 Å². The van der Waals surface area contributed by atoms with E-state index in [4.69, 9.17) is 0 Å². The normalized spacial score (nSPS) is 12.4. The summed E-state index contributed by atoms with van der Waals surface area (Å²) in [4.78, 5) is 4.41. The molecule has 2 aromatic rings. The van der Waals surface area contributed by atoms with Crippen molar-refractivity contribution in [3.05, 3.63) is 53.7 Å². The average Bonchev–Trinajstić information content (AvgIpc) is 2.39. The molecule has 0 saturated heterocycles. The van der Waals surface area contributed by atoms with Crippen molar-refractivity contribution in [2.75, 3.05) is 0 Å². The molecule has 2 nitrogen and oxygen atoms in total. The van der Waals surface area contributed by atoms with Gasteiger partial charge in [-0.25, -0.2) is 0 Å². The molecular formula is C15H17NO. The van der Waals surface area contributed by atoms with Gasteiger partial charge in [-0.2, -0.15) is 0 Å². The van der Waals surface area contributed by atoms with Crippen LogP contribution in [0, 0.1) is 6.92 Å². The number of nitrogens with zero attached hydrogens (tertiary/aromatic N) is 1. The summed E-state index contributed by atoms with van der Waals surface area (Å²) in [6.45, 7) is 3.99. The summed E-state index contributed by atoms with van der Waals surface area (Å²) >= 11 is 0. The Morgan fingerprint density at radius 1 is 1.18 bits per heavy atom. The van der Waals surface area contributed by atoms with Crippen molar-refractivity contribution in [1.82, 2.24) is 4.98 Å². The smallest absolute Gasteiger partial charge is 0.0794 e. The molecule has 2 heteroatoms. The van der Waals surface area contributed by atoms with Gasteiger partial charge in [0.25, 0.3) is 0 Å². The van der Waals surface area contributed by atoms with Gasteiger partial charge in [0.15, 0.2) is 0 Å². The van der Waals surface area contributed by atoms with E-state index < -0.39 is 6.10 Å². The third-order valence-corrected chi connectivity index (χ3v) is 2.89. The fourth-order valence-corrected chi connectivity index (χ4v) is 1.87. The lowest BCUT2D eigenvalue weighted by Crippen LogP contribution is -1.98. The molecule has 2 rings (SSSR count). The van der Waals surface area contributed by atoms with Crippen molar-refractivity contribution >= 4 is 0 Å². The zero-order valence-electron chi connectivity index (χ0n) is 10.2. The van der Waals surface area contributed by atoms with Gasteiger partial charge >= 0.3 is 0 Å². The molecule has 0 aliphatic heterocycles. The molecule has 1 unspecified atom stereocenters. The zero-order chi connectivity index (χ0) is 12.3. The Morgan fingerprint density at radius 3 is 2.59 bits per heavy atom. The monoisotopic (exact) mass is 227 g/mol. The predicted octanol–water partition coefficient (Wildman–Crippen LogP) is 3.50. The van der Waals surface area contributed by atoms with E-state index >= 15 is 0 Å². The molecule has 0 aliphatic carbocycles. The van der Waals surface area contributed by atoms with Crippen LogP contribution in [0.2, 0.25) is 0 Å². The van der Waals surface area contributed by atoms with E-state index in [0.717, 1.165) is 22.4 Å². The number of aromatic nitrogens is 1. The minimum Gasteiger partial charge on any atom is -0.388 e. The maximum absolute atomic E-state index is 10.00. The molecule has 0 saturated carbocycles. The summed E-state index contributed by atoms with van der Waals surface area (Å²) in [5.74, 6) is 0. The summed E-state index contributed by atoms with van der Waals surface area (Å²) in [6.07, 6.45) is 2.14. The molecule has 0 spiro atoms.